The van der Waals surface area contributed by atoms with Crippen LogP contribution in [0.25, 0.3) is 11.1 Å². The molecular weight excluding hydrogens is 154 g/mol. The van der Waals surface area contributed by atoms with Crippen LogP contribution in [0.1, 0.15) is 0 Å². The summed E-state index contributed by atoms with van der Waals surface area (Å²) < 4.78 is 4.69. The lowest BCUT2D eigenvalue weighted by molar-refractivity contribution is 0.420. The second-order valence-electron chi connectivity index (χ2n) is 2.42. The van der Waals surface area contributed by atoms with Crippen LogP contribution >= 0.6 is 0 Å². The Bertz CT molecular complexity index is 370. The standard InChI is InChI=1S/C8H7N3O/c9-8-1-6(2-10-4-8)7-3-11-12-5-7/h1-5H,9H2. The van der Waals surface area contributed by atoms with Gasteiger partial charge in [-0.2, -0.15) is 0 Å². The molecule has 0 aliphatic carbocycles. The number of nitrogens with zero attached hydrogens (tertiary/aromatic N) is 2. The Morgan fingerprint density at radius 1 is 1.17 bits per heavy atom. The van der Waals surface area contributed by atoms with Gasteiger partial charge in [0.15, 0.2) is 0 Å². The van der Waals surface area contributed by atoms with Crippen molar-refractivity contribution in [1.82, 2.24) is 10.1 Å². The molecule has 0 unspecified atom stereocenters. The molecule has 2 aromatic rings. The van der Waals surface area contributed by atoms with Crippen LogP contribution in [0.4, 0.5) is 5.69 Å². The van der Waals surface area contributed by atoms with Crippen molar-refractivity contribution in [2.45, 2.75) is 0 Å². The lowest BCUT2D eigenvalue weighted by Gasteiger charge is -1.95. The van der Waals surface area contributed by atoms with E-state index in [1.165, 1.54) is 0 Å². The molecule has 0 aliphatic rings. The van der Waals surface area contributed by atoms with Crippen molar-refractivity contribution in [3.8, 4) is 11.1 Å². The summed E-state index contributed by atoms with van der Waals surface area (Å²) in [6.45, 7) is 0. The Hall–Kier alpha value is -1.84. The number of nitrogen functional groups attached to an aromatic ring is 1. The van der Waals surface area contributed by atoms with Crippen LogP contribution in [0.5, 0.6) is 0 Å². The minimum absolute atomic E-state index is 0.633. The molecule has 0 bridgehead atoms. The van der Waals surface area contributed by atoms with E-state index in [2.05, 4.69) is 10.1 Å². The SMILES string of the molecule is Nc1cncc(-c2cnoc2)c1. The summed E-state index contributed by atoms with van der Waals surface area (Å²) in [7, 11) is 0. The molecule has 2 rings (SSSR count). The summed E-state index contributed by atoms with van der Waals surface area (Å²) in [5.74, 6) is 0. The topological polar surface area (TPSA) is 64.9 Å². The normalized spacial score (nSPS) is 10.0. The Morgan fingerprint density at radius 3 is 2.75 bits per heavy atom. The fraction of sp³-hybridized carbons (Fsp3) is 0. The minimum Gasteiger partial charge on any atom is -0.397 e. The van der Waals surface area contributed by atoms with Gasteiger partial charge in [-0.05, 0) is 6.07 Å². The zero-order valence-electron chi connectivity index (χ0n) is 6.27. The van der Waals surface area contributed by atoms with Crippen molar-refractivity contribution >= 4 is 5.69 Å². The Labute approximate surface area is 69.0 Å². The highest BCUT2D eigenvalue weighted by molar-refractivity contribution is 5.63. The number of anilines is 1. The van der Waals surface area contributed by atoms with Gasteiger partial charge in [0, 0.05) is 23.5 Å². The average Bonchev–Trinajstić information content (AvgIpc) is 2.56. The fourth-order valence-electron chi connectivity index (χ4n) is 0.963. The van der Waals surface area contributed by atoms with Crippen molar-refractivity contribution in [2.24, 2.45) is 0 Å². The van der Waals surface area contributed by atoms with Crippen LogP contribution in [0.3, 0.4) is 0 Å². The monoisotopic (exact) mass is 161 g/mol. The Balaban J connectivity index is 2.48. The predicted octanol–water partition coefficient (Wildman–Crippen LogP) is 1.32. The number of rotatable bonds is 1. The highest BCUT2D eigenvalue weighted by Gasteiger charge is 1.99. The molecule has 2 aromatic heterocycles. The van der Waals surface area contributed by atoms with Gasteiger partial charge in [-0.3, -0.25) is 4.98 Å². The molecule has 60 valence electrons. The van der Waals surface area contributed by atoms with Crippen molar-refractivity contribution in [3.05, 3.63) is 30.9 Å². The van der Waals surface area contributed by atoms with Gasteiger partial charge in [-0.25, -0.2) is 0 Å². The third kappa shape index (κ3) is 1.14. The lowest BCUT2D eigenvalue weighted by Crippen LogP contribution is -1.86. The van der Waals surface area contributed by atoms with Gasteiger partial charge in [0.05, 0.1) is 11.9 Å². The van der Waals surface area contributed by atoms with E-state index in [-0.39, 0.29) is 0 Å². The van der Waals surface area contributed by atoms with E-state index in [0.717, 1.165) is 11.1 Å². The van der Waals surface area contributed by atoms with E-state index >= 15 is 0 Å². The number of pyridine rings is 1. The van der Waals surface area contributed by atoms with Gasteiger partial charge < -0.3 is 10.3 Å². The zero-order chi connectivity index (χ0) is 8.39. The lowest BCUT2D eigenvalue weighted by atomic mass is 10.2. The number of hydrogen-bond acceptors (Lipinski definition) is 4. The third-order valence-corrected chi connectivity index (χ3v) is 1.53. The van der Waals surface area contributed by atoms with E-state index in [9.17, 15) is 0 Å². The molecule has 4 nitrogen and oxygen atoms in total. The Kier molecular flexibility index (Phi) is 1.51. The summed E-state index contributed by atoms with van der Waals surface area (Å²) in [6.07, 6.45) is 6.48. The van der Waals surface area contributed by atoms with E-state index in [4.69, 9.17) is 10.3 Å². The van der Waals surface area contributed by atoms with Crippen LogP contribution < -0.4 is 5.73 Å². The summed E-state index contributed by atoms with van der Waals surface area (Å²) in [5, 5.41) is 3.58. The van der Waals surface area contributed by atoms with E-state index in [1.807, 2.05) is 6.07 Å². The molecule has 2 heterocycles. The Morgan fingerprint density at radius 2 is 2.08 bits per heavy atom. The van der Waals surface area contributed by atoms with Gasteiger partial charge in [-0.15, -0.1) is 0 Å². The second kappa shape index (κ2) is 2.65. The first kappa shape index (κ1) is 6.84. The first-order chi connectivity index (χ1) is 5.86. The molecule has 0 aliphatic heterocycles. The molecule has 0 fully saturated rings. The quantitative estimate of drug-likeness (QED) is 0.685. The third-order valence-electron chi connectivity index (χ3n) is 1.53. The van der Waals surface area contributed by atoms with E-state index < -0.39 is 0 Å². The second-order valence-corrected chi connectivity index (χ2v) is 2.42. The van der Waals surface area contributed by atoms with Crippen molar-refractivity contribution in [1.29, 1.82) is 0 Å². The first-order valence-corrected chi connectivity index (χ1v) is 3.46. The molecule has 0 saturated carbocycles. The minimum atomic E-state index is 0.633. The molecule has 0 atom stereocenters. The van der Waals surface area contributed by atoms with Gasteiger partial charge in [0.2, 0.25) is 0 Å². The highest BCUT2D eigenvalue weighted by atomic mass is 16.5. The van der Waals surface area contributed by atoms with Gasteiger partial charge in [0.1, 0.15) is 6.26 Å². The van der Waals surface area contributed by atoms with Crippen LogP contribution in [0, 0.1) is 0 Å². The van der Waals surface area contributed by atoms with E-state index in [1.54, 1.807) is 24.9 Å². The van der Waals surface area contributed by atoms with Crippen LogP contribution in [0.2, 0.25) is 0 Å². The fourth-order valence-corrected chi connectivity index (χ4v) is 0.963. The molecular formula is C8H7N3O. The summed E-state index contributed by atoms with van der Waals surface area (Å²) in [6, 6.07) is 1.82. The van der Waals surface area contributed by atoms with Gasteiger partial charge in [-0.1, -0.05) is 5.16 Å². The van der Waals surface area contributed by atoms with Crippen molar-refractivity contribution in [3.63, 3.8) is 0 Å². The molecule has 0 radical (unpaired) electrons. The molecule has 0 spiro atoms. The first-order valence-electron chi connectivity index (χ1n) is 3.46. The molecule has 4 heteroatoms. The van der Waals surface area contributed by atoms with E-state index in [0.29, 0.717) is 5.69 Å². The van der Waals surface area contributed by atoms with Gasteiger partial charge >= 0.3 is 0 Å². The molecule has 12 heavy (non-hydrogen) atoms. The summed E-state index contributed by atoms with van der Waals surface area (Å²) >= 11 is 0. The number of nitrogens with two attached hydrogens (primary N) is 1. The molecule has 2 N–H and O–H groups in total. The largest absolute Gasteiger partial charge is 0.397 e. The smallest absolute Gasteiger partial charge is 0.131 e. The molecule has 0 aromatic carbocycles. The summed E-state index contributed by atoms with van der Waals surface area (Å²) in [5.41, 5.74) is 7.98. The number of aromatic nitrogens is 2. The van der Waals surface area contributed by atoms with Crippen LogP contribution in [-0.4, -0.2) is 10.1 Å². The maximum atomic E-state index is 5.55. The number of hydrogen-bond donors (Lipinski definition) is 1. The van der Waals surface area contributed by atoms with Crippen LogP contribution in [0.15, 0.2) is 35.4 Å². The summed E-state index contributed by atoms with van der Waals surface area (Å²) in [4.78, 5) is 3.95. The average molecular weight is 161 g/mol. The maximum Gasteiger partial charge on any atom is 0.131 e. The molecule has 0 amide bonds. The van der Waals surface area contributed by atoms with Crippen LogP contribution in [-0.2, 0) is 0 Å². The van der Waals surface area contributed by atoms with Gasteiger partial charge in [0.25, 0.3) is 0 Å². The van der Waals surface area contributed by atoms with Crippen molar-refractivity contribution in [2.75, 3.05) is 5.73 Å². The predicted molar refractivity (Wildman–Crippen MR) is 44.1 cm³/mol. The molecule has 0 saturated heterocycles. The zero-order valence-corrected chi connectivity index (χ0v) is 6.27. The highest BCUT2D eigenvalue weighted by Crippen LogP contribution is 2.18. The van der Waals surface area contributed by atoms with Crippen molar-refractivity contribution < 1.29 is 4.52 Å². The maximum absolute atomic E-state index is 5.55.